The lowest BCUT2D eigenvalue weighted by Crippen LogP contribution is -2.25. The molecule has 1 heterocycles. The first kappa shape index (κ1) is 13.4. The highest BCUT2D eigenvalue weighted by Gasteiger charge is 2.40. The van der Waals surface area contributed by atoms with Crippen LogP contribution in [0.1, 0.15) is 31.5 Å². The quantitative estimate of drug-likeness (QED) is 0.938. The number of benzene rings is 1. The van der Waals surface area contributed by atoms with E-state index in [0.717, 1.165) is 25.7 Å². The molecule has 106 valence electrons. The van der Waals surface area contributed by atoms with Gasteiger partial charge in [-0.3, -0.25) is 0 Å². The van der Waals surface area contributed by atoms with Gasteiger partial charge in [-0.1, -0.05) is 16.8 Å². The van der Waals surface area contributed by atoms with Gasteiger partial charge in [0.25, 0.3) is 5.89 Å². The average molecular weight is 295 g/mol. The summed E-state index contributed by atoms with van der Waals surface area (Å²) in [6, 6.07) is 4.71. The monoisotopic (exact) mass is 294 g/mol. The van der Waals surface area contributed by atoms with Gasteiger partial charge in [0, 0.05) is 12.1 Å². The number of aromatic hydroxyl groups is 1. The SMILES string of the molecule is COC1(c2noc(-c3cc(Cl)ccc3O)n2)CCCC1. The second kappa shape index (κ2) is 5.07. The van der Waals surface area contributed by atoms with E-state index in [9.17, 15) is 5.11 Å². The van der Waals surface area contributed by atoms with Gasteiger partial charge in [0.15, 0.2) is 0 Å². The molecule has 1 fully saturated rings. The van der Waals surface area contributed by atoms with Gasteiger partial charge in [0.2, 0.25) is 5.82 Å². The van der Waals surface area contributed by atoms with E-state index in [1.54, 1.807) is 19.2 Å². The maximum absolute atomic E-state index is 9.87. The molecule has 1 aromatic heterocycles. The molecule has 5 nitrogen and oxygen atoms in total. The number of hydrogen-bond donors (Lipinski definition) is 1. The van der Waals surface area contributed by atoms with E-state index < -0.39 is 5.60 Å². The van der Waals surface area contributed by atoms with Crippen LogP contribution in [0.15, 0.2) is 22.7 Å². The fourth-order valence-electron chi connectivity index (χ4n) is 2.66. The first-order chi connectivity index (χ1) is 9.64. The number of ether oxygens (including phenoxy) is 1. The summed E-state index contributed by atoms with van der Waals surface area (Å²) in [5.41, 5.74) is -0.0313. The van der Waals surface area contributed by atoms with Crippen LogP contribution in [0.5, 0.6) is 5.75 Å². The Hall–Kier alpha value is -1.59. The number of aromatic nitrogens is 2. The van der Waals surface area contributed by atoms with Gasteiger partial charge in [-0.2, -0.15) is 4.98 Å². The van der Waals surface area contributed by atoms with Crippen LogP contribution in [0.25, 0.3) is 11.5 Å². The largest absolute Gasteiger partial charge is 0.507 e. The van der Waals surface area contributed by atoms with E-state index in [-0.39, 0.29) is 11.6 Å². The number of nitrogens with zero attached hydrogens (tertiary/aromatic N) is 2. The average Bonchev–Trinajstić information content (AvgIpc) is 3.10. The third kappa shape index (κ3) is 2.17. The third-order valence-electron chi connectivity index (χ3n) is 3.82. The molecule has 3 rings (SSSR count). The molecule has 0 aliphatic heterocycles. The van der Waals surface area contributed by atoms with Gasteiger partial charge in [0.05, 0.1) is 5.56 Å². The van der Waals surface area contributed by atoms with Crippen LogP contribution < -0.4 is 0 Å². The highest BCUT2D eigenvalue weighted by atomic mass is 35.5. The summed E-state index contributed by atoms with van der Waals surface area (Å²) in [4.78, 5) is 4.39. The number of phenols is 1. The van der Waals surface area contributed by atoms with Crippen molar-refractivity contribution < 1.29 is 14.4 Å². The van der Waals surface area contributed by atoms with Crippen LogP contribution in [0, 0.1) is 0 Å². The summed E-state index contributed by atoms with van der Waals surface area (Å²) in [6.45, 7) is 0. The van der Waals surface area contributed by atoms with Crippen molar-refractivity contribution in [2.24, 2.45) is 0 Å². The Balaban J connectivity index is 2.00. The minimum atomic E-state index is -0.462. The van der Waals surface area contributed by atoms with Crippen molar-refractivity contribution in [2.75, 3.05) is 7.11 Å². The lowest BCUT2D eigenvalue weighted by molar-refractivity contribution is -0.0178. The summed E-state index contributed by atoms with van der Waals surface area (Å²) in [7, 11) is 1.66. The van der Waals surface area contributed by atoms with Gasteiger partial charge >= 0.3 is 0 Å². The van der Waals surface area contributed by atoms with E-state index in [4.69, 9.17) is 20.9 Å². The van der Waals surface area contributed by atoms with Gasteiger partial charge in [0.1, 0.15) is 11.4 Å². The van der Waals surface area contributed by atoms with Gasteiger partial charge < -0.3 is 14.4 Å². The van der Waals surface area contributed by atoms with Crippen molar-refractivity contribution in [1.82, 2.24) is 10.1 Å². The van der Waals surface area contributed by atoms with Crippen LogP contribution in [0.2, 0.25) is 5.02 Å². The number of halogens is 1. The van der Waals surface area contributed by atoms with E-state index in [1.807, 2.05) is 0 Å². The number of phenolic OH excluding ortho intramolecular Hbond substituents is 1. The van der Waals surface area contributed by atoms with Crippen LogP contribution in [-0.2, 0) is 10.3 Å². The fourth-order valence-corrected chi connectivity index (χ4v) is 2.83. The molecule has 1 aromatic carbocycles. The Labute approximate surface area is 121 Å². The Morgan fingerprint density at radius 3 is 2.80 bits per heavy atom. The first-order valence-electron chi connectivity index (χ1n) is 6.53. The summed E-state index contributed by atoms with van der Waals surface area (Å²) >= 11 is 5.93. The molecule has 1 aliphatic carbocycles. The Bertz CT molecular complexity index is 621. The summed E-state index contributed by atoms with van der Waals surface area (Å²) < 4.78 is 10.9. The van der Waals surface area contributed by atoms with Crippen LogP contribution in [0.4, 0.5) is 0 Å². The van der Waals surface area contributed by atoms with Crippen molar-refractivity contribution in [3.05, 3.63) is 29.0 Å². The van der Waals surface area contributed by atoms with Crippen molar-refractivity contribution in [3.8, 4) is 17.2 Å². The molecule has 0 saturated heterocycles. The topological polar surface area (TPSA) is 68.4 Å². The number of rotatable bonds is 3. The molecule has 0 spiro atoms. The predicted molar refractivity (Wildman–Crippen MR) is 73.6 cm³/mol. The molecule has 20 heavy (non-hydrogen) atoms. The van der Waals surface area contributed by atoms with Gasteiger partial charge in [-0.05, 0) is 43.9 Å². The maximum Gasteiger partial charge on any atom is 0.261 e. The van der Waals surface area contributed by atoms with E-state index in [1.165, 1.54) is 6.07 Å². The highest BCUT2D eigenvalue weighted by molar-refractivity contribution is 6.30. The normalized spacial score (nSPS) is 17.5. The Morgan fingerprint density at radius 1 is 1.35 bits per heavy atom. The molecular formula is C14H15ClN2O3. The first-order valence-corrected chi connectivity index (χ1v) is 6.91. The lowest BCUT2D eigenvalue weighted by atomic mass is 10.0. The van der Waals surface area contributed by atoms with Crippen LogP contribution in [-0.4, -0.2) is 22.4 Å². The zero-order valence-corrected chi connectivity index (χ0v) is 11.9. The van der Waals surface area contributed by atoms with Crippen molar-refractivity contribution in [1.29, 1.82) is 0 Å². The minimum Gasteiger partial charge on any atom is -0.507 e. The van der Waals surface area contributed by atoms with E-state index in [2.05, 4.69) is 10.1 Å². The Kier molecular flexibility index (Phi) is 3.40. The van der Waals surface area contributed by atoms with Crippen LogP contribution in [0.3, 0.4) is 0 Å². The minimum absolute atomic E-state index is 0.0579. The van der Waals surface area contributed by atoms with Gasteiger partial charge in [-0.15, -0.1) is 0 Å². The molecule has 0 atom stereocenters. The second-order valence-corrected chi connectivity index (χ2v) is 5.43. The molecule has 0 unspecified atom stereocenters. The molecule has 1 N–H and O–H groups in total. The third-order valence-corrected chi connectivity index (χ3v) is 4.06. The zero-order valence-electron chi connectivity index (χ0n) is 11.1. The van der Waals surface area contributed by atoms with E-state index in [0.29, 0.717) is 16.4 Å². The molecular weight excluding hydrogens is 280 g/mol. The predicted octanol–water partition coefficient (Wildman–Crippen LogP) is 3.51. The summed E-state index contributed by atoms with van der Waals surface area (Å²) in [5.74, 6) is 0.845. The molecule has 1 aliphatic rings. The van der Waals surface area contributed by atoms with Crippen molar-refractivity contribution in [2.45, 2.75) is 31.3 Å². The van der Waals surface area contributed by atoms with E-state index >= 15 is 0 Å². The number of hydrogen-bond acceptors (Lipinski definition) is 5. The maximum atomic E-state index is 9.87. The fraction of sp³-hybridized carbons (Fsp3) is 0.429. The molecule has 0 bridgehead atoms. The lowest BCUT2D eigenvalue weighted by Gasteiger charge is -2.22. The molecule has 1 saturated carbocycles. The Morgan fingerprint density at radius 2 is 2.10 bits per heavy atom. The smallest absolute Gasteiger partial charge is 0.261 e. The molecule has 2 aromatic rings. The standard InChI is InChI=1S/C14H15ClN2O3/c1-19-14(6-2-3-7-14)13-16-12(20-17-13)10-8-9(15)4-5-11(10)18/h4-5,8,18H,2-3,6-7H2,1H3. The molecule has 0 radical (unpaired) electrons. The summed E-state index contributed by atoms with van der Waals surface area (Å²) in [6.07, 6.45) is 3.92. The highest BCUT2D eigenvalue weighted by Crippen LogP contribution is 2.41. The number of methoxy groups -OCH3 is 1. The van der Waals surface area contributed by atoms with Crippen LogP contribution >= 0.6 is 11.6 Å². The molecule has 0 amide bonds. The van der Waals surface area contributed by atoms with Crippen molar-refractivity contribution in [3.63, 3.8) is 0 Å². The second-order valence-electron chi connectivity index (χ2n) is 4.99. The zero-order chi connectivity index (χ0) is 14.2. The van der Waals surface area contributed by atoms with Crippen molar-refractivity contribution >= 4 is 11.6 Å². The summed E-state index contributed by atoms with van der Waals surface area (Å²) in [5, 5.41) is 14.4. The molecule has 6 heteroatoms. The van der Waals surface area contributed by atoms with Gasteiger partial charge in [-0.25, -0.2) is 0 Å².